The van der Waals surface area contributed by atoms with Crippen LogP contribution in [0.5, 0.6) is 0 Å². The van der Waals surface area contributed by atoms with Gasteiger partial charge in [-0.25, -0.2) is 0 Å². The second-order valence-electron chi connectivity index (χ2n) is 7.95. The number of carbonyl (C=O) groups is 1. The van der Waals surface area contributed by atoms with E-state index in [0.29, 0.717) is 23.8 Å². The van der Waals surface area contributed by atoms with Gasteiger partial charge in [0.1, 0.15) is 0 Å². The number of rotatable bonds is 7. The minimum Gasteiger partial charge on any atom is -0.348 e. The van der Waals surface area contributed by atoms with E-state index in [2.05, 4.69) is 58.9 Å². The van der Waals surface area contributed by atoms with E-state index in [9.17, 15) is 4.79 Å². The van der Waals surface area contributed by atoms with Crippen LogP contribution in [-0.4, -0.2) is 16.1 Å². The molecule has 0 unspecified atom stereocenters. The molecule has 0 spiro atoms. The number of aromatic nitrogens is 2. The van der Waals surface area contributed by atoms with Gasteiger partial charge in [0.25, 0.3) is 5.91 Å². The quantitative estimate of drug-likeness (QED) is 0.387. The molecule has 4 aromatic rings. The van der Waals surface area contributed by atoms with Gasteiger partial charge in [-0.15, -0.1) is 10.2 Å². The average Bonchev–Trinajstić information content (AvgIpc) is 2.84. The molecule has 0 aliphatic heterocycles. The third kappa shape index (κ3) is 5.38. The third-order valence-corrected chi connectivity index (χ3v) is 5.23. The molecule has 3 aromatic carbocycles. The minimum atomic E-state index is -0.118. The van der Waals surface area contributed by atoms with Crippen molar-refractivity contribution < 1.29 is 4.79 Å². The van der Waals surface area contributed by atoms with Gasteiger partial charge in [-0.05, 0) is 47.4 Å². The highest BCUT2D eigenvalue weighted by atomic mass is 16.1. The lowest BCUT2D eigenvalue weighted by molar-refractivity contribution is 0.0951. The molecule has 160 valence electrons. The molecule has 32 heavy (non-hydrogen) atoms. The second kappa shape index (κ2) is 9.88. The standard InChI is InChI=1S/C27H26N4O/c1-19(2)21-13-11-20(12-14-21)18-28-27(32)23-9-6-10-24(17-23)29-26-16-15-25(30-31-26)22-7-4-3-5-8-22/h3-17,19H,18H2,1-2H3,(H,28,32)(H,29,31). The van der Waals surface area contributed by atoms with E-state index >= 15 is 0 Å². The summed E-state index contributed by atoms with van der Waals surface area (Å²) in [5, 5.41) is 14.8. The molecule has 0 atom stereocenters. The van der Waals surface area contributed by atoms with Crippen LogP contribution in [-0.2, 0) is 6.54 Å². The smallest absolute Gasteiger partial charge is 0.251 e. The number of hydrogen-bond donors (Lipinski definition) is 2. The predicted octanol–water partition coefficient (Wildman–Crippen LogP) is 5.94. The van der Waals surface area contributed by atoms with Gasteiger partial charge in [0.2, 0.25) is 0 Å². The Bertz CT molecular complexity index is 1170. The van der Waals surface area contributed by atoms with E-state index in [-0.39, 0.29) is 5.91 Å². The first-order valence-corrected chi connectivity index (χ1v) is 10.7. The average molecular weight is 423 g/mol. The molecule has 2 N–H and O–H groups in total. The zero-order chi connectivity index (χ0) is 22.3. The van der Waals surface area contributed by atoms with Gasteiger partial charge in [0, 0.05) is 23.4 Å². The monoisotopic (exact) mass is 422 g/mol. The van der Waals surface area contributed by atoms with E-state index in [1.807, 2.05) is 60.7 Å². The highest BCUT2D eigenvalue weighted by Crippen LogP contribution is 2.20. The Labute approximate surface area is 188 Å². The zero-order valence-electron chi connectivity index (χ0n) is 18.2. The Morgan fingerprint density at radius 1 is 0.844 bits per heavy atom. The number of carbonyl (C=O) groups excluding carboxylic acids is 1. The summed E-state index contributed by atoms with van der Waals surface area (Å²) in [6, 6.07) is 29.4. The van der Waals surface area contributed by atoms with Crippen molar-refractivity contribution in [2.75, 3.05) is 5.32 Å². The van der Waals surface area contributed by atoms with Crippen LogP contribution in [0.3, 0.4) is 0 Å². The highest BCUT2D eigenvalue weighted by Gasteiger charge is 2.08. The van der Waals surface area contributed by atoms with Crippen molar-refractivity contribution in [2.45, 2.75) is 26.3 Å². The first-order chi connectivity index (χ1) is 15.6. The molecule has 4 rings (SSSR count). The van der Waals surface area contributed by atoms with Gasteiger partial charge >= 0.3 is 0 Å². The van der Waals surface area contributed by atoms with Crippen molar-refractivity contribution in [1.82, 2.24) is 15.5 Å². The molecular weight excluding hydrogens is 396 g/mol. The van der Waals surface area contributed by atoms with E-state index < -0.39 is 0 Å². The summed E-state index contributed by atoms with van der Waals surface area (Å²) in [5.41, 5.74) is 5.56. The Hall–Kier alpha value is -3.99. The van der Waals surface area contributed by atoms with Crippen LogP contribution in [0, 0.1) is 0 Å². The molecule has 0 aliphatic carbocycles. The number of hydrogen-bond acceptors (Lipinski definition) is 4. The van der Waals surface area contributed by atoms with Crippen molar-refractivity contribution in [3.63, 3.8) is 0 Å². The lowest BCUT2D eigenvalue weighted by Crippen LogP contribution is -2.22. The summed E-state index contributed by atoms with van der Waals surface area (Å²) in [7, 11) is 0. The van der Waals surface area contributed by atoms with Crippen LogP contribution in [0.2, 0.25) is 0 Å². The maximum absolute atomic E-state index is 12.6. The predicted molar refractivity (Wildman–Crippen MR) is 129 cm³/mol. The summed E-state index contributed by atoms with van der Waals surface area (Å²) in [6.45, 7) is 4.82. The first-order valence-electron chi connectivity index (χ1n) is 10.7. The van der Waals surface area contributed by atoms with Gasteiger partial charge in [0.05, 0.1) is 5.69 Å². The fraction of sp³-hybridized carbons (Fsp3) is 0.148. The normalized spacial score (nSPS) is 10.7. The van der Waals surface area contributed by atoms with Crippen LogP contribution in [0.15, 0.2) is 91.0 Å². The summed E-state index contributed by atoms with van der Waals surface area (Å²) < 4.78 is 0. The van der Waals surface area contributed by atoms with Crippen LogP contribution in [0.1, 0.15) is 41.3 Å². The third-order valence-electron chi connectivity index (χ3n) is 5.23. The van der Waals surface area contributed by atoms with Crippen LogP contribution in [0.25, 0.3) is 11.3 Å². The summed E-state index contributed by atoms with van der Waals surface area (Å²) >= 11 is 0. The highest BCUT2D eigenvalue weighted by molar-refractivity contribution is 5.95. The van der Waals surface area contributed by atoms with Gasteiger partial charge in [0.15, 0.2) is 5.82 Å². The Kier molecular flexibility index (Phi) is 6.56. The number of nitrogens with zero attached hydrogens (tertiary/aromatic N) is 2. The van der Waals surface area contributed by atoms with Crippen LogP contribution >= 0.6 is 0 Å². The first kappa shape index (κ1) is 21.2. The van der Waals surface area contributed by atoms with Crippen molar-refractivity contribution in [1.29, 1.82) is 0 Å². The SMILES string of the molecule is CC(C)c1ccc(CNC(=O)c2cccc(Nc3ccc(-c4ccccc4)nn3)c2)cc1. The van der Waals surface area contributed by atoms with Gasteiger partial charge in [-0.2, -0.15) is 0 Å². The number of anilines is 2. The summed E-state index contributed by atoms with van der Waals surface area (Å²) in [4.78, 5) is 12.6. The molecule has 0 aliphatic rings. The molecule has 0 bridgehead atoms. The maximum atomic E-state index is 12.6. The Morgan fingerprint density at radius 3 is 2.31 bits per heavy atom. The van der Waals surface area contributed by atoms with Crippen molar-refractivity contribution in [3.8, 4) is 11.3 Å². The molecule has 1 aromatic heterocycles. The Morgan fingerprint density at radius 2 is 1.62 bits per heavy atom. The topological polar surface area (TPSA) is 66.9 Å². The van der Waals surface area contributed by atoms with Crippen LogP contribution < -0.4 is 10.6 Å². The fourth-order valence-electron chi connectivity index (χ4n) is 3.35. The van der Waals surface area contributed by atoms with E-state index in [1.165, 1.54) is 5.56 Å². The molecule has 0 saturated carbocycles. The molecule has 0 radical (unpaired) electrons. The van der Waals surface area contributed by atoms with E-state index in [4.69, 9.17) is 0 Å². The van der Waals surface area contributed by atoms with Crippen LogP contribution in [0.4, 0.5) is 11.5 Å². The minimum absolute atomic E-state index is 0.118. The summed E-state index contributed by atoms with van der Waals surface area (Å²) in [6.07, 6.45) is 0. The number of nitrogens with one attached hydrogen (secondary N) is 2. The van der Waals surface area contributed by atoms with E-state index in [0.717, 1.165) is 22.5 Å². The molecular formula is C27H26N4O. The van der Waals surface area contributed by atoms with Gasteiger partial charge < -0.3 is 10.6 Å². The zero-order valence-corrected chi connectivity index (χ0v) is 18.2. The molecule has 1 heterocycles. The van der Waals surface area contributed by atoms with E-state index in [1.54, 1.807) is 6.07 Å². The number of benzene rings is 3. The molecule has 1 amide bonds. The lowest BCUT2D eigenvalue weighted by Gasteiger charge is -2.10. The molecule has 5 heteroatoms. The van der Waals surface area contributed by atoms with Crippen molar-refractivity contribution >= 4 is 17.4 Å². The molecule has 0 fully saturated rings. The largest absolute Gasteiger partial charge is 0.348 e. The number of amides is 1. The van der Waals surface area contributed by atoms with Gasteiger partial charge in [-0.1, -0.05) is 74.5 Å². The summed E-state index contributed by atoms with van der Waals surface area (Å²) in [5.74, 6) is 0.993. The Balaban J connectivity index is 1.38. The van der Waals surface area contributed by atoms with Crippen molar-refractivity contribution in [3.05, 3.63) is 108 Å². The van der Waals surface area contributed by atoms with Crippen molar-refractivity contribution in [2.24, 2.45) is 0 Å². The fourth-order valence-corrected chi connectivity index (χ4v) is 3.35. The lowest BCUT2D eigenvalue weighted by atomic mass is 10.0. The maximum Gasteiger partial charge on any atom is 0.251 e. The molecule has 5 nitrogen and oxygen atoms in total. The molecule has 0 saturated heterocycles. The second-order valence-corrected chi connectivity index (χ2v) is 7.95. The van der Waals surface area contributed by atoms with Gasteiger partial charge in [-0.3, -0.25) is 4.79 Å².